The third-order valence-corrected chi connectivity index (χ3v) is 2.97. The molecule has 0 spiro atoms. The zero-order valence-electron chi connectivity index (χ0n) is 11.2. The molecule has 1 aromatic heterocycles. The van der Waals surface area contributed by atoms with E-state index in [0.717, 1.165) is 5.69 Å². The molecule has 0 amide bonds. The first-order valence-corrected chi connectivity index (χ1v) is 6.08. The number of aromatic nitrogens is 3. The summed E-state index contributed by atoms with van der Waals surface area (Å²) in [6, 6.07) is 4.33. The molecule has 2 rings (SSSR count). The first-order valence-electron chi connectivity index (χ1n) is 6.08. The predicted octanol–water partition coefficient (Wildman–Crippen LogP) is 1.21. The number of nitro groups is 1. The molecule has 1 heterocycles. The Morgan fingerprint density at radius 1 is 1.50 bits per heavy atom. The van der Waals surface area contributed by atoms with Crippen molar-refractivity contribution in [1.29, 1.82) is 0 Å². The lowest BCUT2D eigenvalue weighted by Gasteiger charge is -2.10. The summed E-state index contributed by atoms with van der Waals surface area (Å²) in [4.78, 5) is 10.4. The van der Waals surface area contributed by atoms with Gasteiger partial charge in [-0.05, 0) is 12.5 Å². The zero-order chi connectivity index (χ0) is 14.7. The molecule has 1 aromatic carbocycles. The summed E-state index contributed by atoms with van der Waals surface area (Å²) in [5.74, 6) is 0.485. The number of ether oxygens (including phenoxy) is 1. The zero-order valence-corrected chi connectivity index (χ0v) is 11.2. The lowest BCUT2D eigenvalue weighted by atomic mass is 10.2. The van der Waals surface area contributed by atoms with Crippen LogP contribution >= 0.6 is 0 Å². The summed E-state index contributed by atoms with van der Waals surface area (Å²) in [6.07, 6.45) is 0.658. The van der Waals surface area contributed by atoms with Crippen LogP contribution in [0.25, 0.3) is 5.69 Å². The van der Waals surface area contributed by atoms with Gasteiger partial charge in [0, 0.05) is 18.7 Å². The number of hydrogen-bond donors (Lipinski definition) is 1. The van der Waals surface area contributed by atoms with Crippen LogP contribution in [0.5, 0.6) is 5.75 Å². The first-order chi connectivity index (χ1) is 9.62. The minimum atomic E-state index is -0.463. The number of methoxy groups -OCH3 is 1. The molecular weight excluding hydrogens is 262 g/mol. The van der Waals surface area contributed by atoms with Crippen LogP contribution in [0.4, 0.5) is 5.69 Å². The maximum Gasteiger partial charge on any atom is 0.271 e. The number of non-ortho nitro benzene ring substituents is 1. The fraction of sp³-hybridized carbons (Fsp3) is 0.333. The fourth-order valence-corrected chi connectivity index (χ4v) is 2.00. The number of hydrogen-bond acceptors (Lipinski definition) is 6. The van der Waals surface area contributed by atoms with E-state index in [1.165, 1.54) is 30.0 Å². The molecule has 8 heteroatoms. The quantitative estimate of drug-likeness (QED) is 0.649. The van der Waals surface area contributed by atoms with Crippen molar-refractivity contribution in [2.24, 2.45) is 5.73 Å². The summed E-state index contributed by atoms with van der Waals surface area (Å²) in [5.41, 5.74) is 7.53. The van der Waals surface area contributed by atoms with Crippen LogP contribution in [0.2, 0.25) is 0 Å². The highest BCUT2D eigenvalue weighted by molar-refractivity contribution is 5.54. The molecule has 106 valence electrons. The summed E-state index contributed by atoms with van der Waals surface area (Å²) >= 11 is 0. The van der Waals surface area contributed by atoms with Crippen molar-refractivity contribution in [2.45, 2.75) is 19.9 Å². The van der Waals surface area contributed by atoms with Gasteiger partial charge in [0.05, 0.1) is 23.4 Å². The van der Waals surface area contributed by atoms with Crippen LogP contribution < -0.4 is 10.5 Å². The van der Waals surface area contributed by atoms with Gasteiger partial charge in [0.1, 0.15) is 11.4 Å². The Morgan fingerprint density at radius 2 is 2.25 bits per heavy atom. The highest BCUT2D eigenvalue weighted by Gasteiger charge is 2.18. The van der Waals surface area contributed by atoms with Gasteiger partial charge in [-0.2, -0.15) is 0 Å². The molecule has 0 unspecified atom stereocenters. The Bertz CT molecular complexity index is 638. The molecular formula is C12H15N5O3. The van der Waals surface area contributed by atoms with Gasteiger partial charge in [-0.1, -0.05) is 12.1 Å². The maximum absolute atomic E-state index is 10.9. The van der Waals surface area contributed by atoms with E-state index in [1.807, 2.05) is 6.92 Å². The Morgan fingerprint density at radius 3 is 2.80 bits per heavy atom. The number of nitro benzene ring substituents is 1. The largest absolute Gasteiger partial charge is 0.494 e. The minimum absolute atomic E-state index is 0.0346. The average Bonchev–Trinajstić information content (AvgIpc) is 2.88. The van der Waals surface area contributed by atoms with Crippen molar-refractivity contribution < 1.29 is 9.66 Å². The molecule has 0 saturated carbocycles. The van der Waals surface area contributed by atoms with Crippen molar-refractivity contribution in [3.05, 3.63) is 39.7 Å². The number of rotatable bonds is 5. The van der Waals surface area contributed by atoms with Crippen molar-refractivity contribution in [1.82, 2.24) is 15.0 Å². The van der Waals surface area contributed by atoms with Crippen LogP contribution in [-0.4, -0.2) is 27.0 Å². The minimum Gasteiger partial charge on any atom is -0.494 e. The number of nitrogens with zero attached hydrogens (tertiary/aromatic N) is 4. The second kappa shape index (κ2) is 5.66. The summed E-state index contributed by atoms with van der Waals surface area (Å²) in [6.45, 7) is 2.21. The van der Waals surface area contributed by atoms with Gasteiger partial charge in [0.25, 0.3) is 5.69 Å². The van der Waals surface area contributed by atoms with E-state index in [9.17, 15) is 10.1 Å². The van der Waals surface area contributed by atoms with Crippen LogP contribution in [0.3, 0.4) is 0 Å². The first kappa shape index (κ1) is 13.9. The van der Waals surface area contributed by atoms with Crippen molar-refractivity contribution in [3.8, 4) is 11.4 Å². The van der Waals surface area contributed by atoms with Crippen LogP contribution in [-0.2, 0) is 13.0 Å². The summed E-state index contributed by atoms with van der Waals surface area (Å²) in [5, 5.41) is 18.9. The monoisotopic (exact) mass is 277 g/mol. The normalized spacial score (nSPS) is 10.6. The van der Waals surface area contributed by atoms with Crippen molar-refractivity contribution >= 4 is 5.69 Å². The molecule has 0 aliphatic rings. The number of nitrogens with two attached hydrogens (primary N) is 1. The van der Waals surface area contributed by atoms with Gasteiger partial charge >= 0.3 is 0 Å². The lowest BCUT2D eigenvalue weighted by Crippen LogP contribution is -2.07. The number of benzene rings is 1. The molecule has 0 atom stereocenters. The topological polar surface area (TPSA) is 109 Å². The van der Waals surface area contributed by atoms with Gasteiger partial charge in [0.2, 0.25) is 0 Å². The van der Waals surface area contributed by atoms with E-state index in [2.05, 4.69) is 10.3 Å². The highest BCUT2D eigenvalue weighted by Crippen LogP contribution is 2.28. The third-order valence-electron chi connectivity index (χ3n) is 2.97. The van der Waals surface area contributed by atoms with E-state index < -0.39 is 4.92 Å². The van der Waals surface area contributed by atoms with Crippen molar-refractivity contribution in [3.63, 3.8) is 0 Å². The summed E-state index contributed by atoms with van der Waals surface area (Å²) in [7, 11) is 1.50. The van der Waals surface area contributed by atoms with Gasteiger partial charge in [-0.3, -0.25) is 10.1 Å². The Kier molecular flexibility index (Phi) is 3.94. The molecule has 0 aliphatic carbocycles. The van der Waals surface area contributed by atoms with Crippen LogP contribution in [0, 0.1) is 10.1 Å². The molecule has 0 saturated heterocycles. The molecule has 0 bridgehead atoms. The van der Waals surface area contributed by atoms with Crippen LogP contribution in [0.15, 0.2) is 18.2 Å². The average molecular weight is 277 g/mol. The smallest absolute Gasteiger partial charge is 0.271 e. The second-order valence-electron chi connectivity index (χ2n) is 4.07. The van der Waals surface area contributed by atoms with E-state index in [-0.39, 0.29) is 12.2 Å². The van der Waals surface area contributed by atoms with E-state index in [4.69, 9.17) is 10.5 Å². The lowest BCUT2D eigenvalue weighted by molar-refractivity contribution is -0.384. The van der Waals surface area contributed by atoms with Gasteiger partial charge in [-0.15, -0.1) is 5.10 Å². The third kappa shape index (κ3) is 2.32. The predicted molar refractivity (Wildman–Crippen MR) is 71.8 cm³/mol. The van der Waals surface area contributed by atoms with E-state index >= 15 is 0 Å². The molecule has 0 radical (unpaired) electrons. The molecule has 0 fully saturated rings. The van der Waals surface area contributed by atoms with E-state index in [0.29, 0.717) is 23.6 Å². The molecule has 2 aromatic rings. The molecule has 2 N–H and O–H groups in total. The fourth-order valence-electron chi connectivity index (χ4n) is 2.00. The Labute approximate surface area is 115 Å². The van der Waals surface area contributed by atoms with Gasteiger partial charge in [-0.25, -0.2) is 4.68 Å². The molecule has 0 aliphatic heterocycles. The van der Waals surface area contributed by atoms with Crippen molar-refractivity contribution in [2.75, 3.05) is 7.11 Å². The molecule has 8 nitrogen and oxygen atoms in total. The van der Waals surface area contributed by atoms with Gasteiger partial charge < -0.3 is 10.5 Å². The van der Waals surface area contributed by atoms with E-state index in [1.54, 1.807) is 0 Å². The Hall–Kier alpha value is -2.48. The van der Waals surface area contributed by atoms with Gasteiger partial charge in [0.15, 0.2) is 0 Å². The highest BCUT2D eigenvalue weighted by atomic mass is 16.6. The Balaban J connectivity index is 2.64. The SMILES string of the molecule is CCc1c(CN)nnn1-c1cc([N+](=O)[O-])ccc1OC. The molecule has 20 heavy (non-hydrogen) atoms. The van der Waals surface area contributed by atoms with Crippen LogP contribution in [0.1, 0.15) is 18.3 Å². The maximum atomic E-state index is 10.9. The second-order valence-corrected chi connectivity index (χ2v) is 4.07. The standard InChI is InChI=1S/C12H15N5O3/c1-3-10-9(7-13)14-15-16(10)11-6-8(17(18)19)4-5-12(11)20-2/h4-6H,3,7,13H2,1-2H3. The summed E-state index contributed by atoms with van der Waals surface area (Å²) < 4.78 is 6.77.